The fourth-order valence-electron chi connectivity index (χ4n) is 7.41. The molecule has 0 radical (unpaired) electrons. The molecule has 0 fully saturated rings. The Bertz CT molecular complexity index is 990. The lowest BCUT2D eigenvalue weighted by Crippen LogP contribution is -3.05. The highest BCUT2D eigenvalue weighted by Crippen LogP contribution is 2.35. The van der Waals surface area contributed by atoms with Crippen molar-refractivity contribution in [1.82, 2.24) is 0 Å². The van der Waals surface area contributed by atoms with E-state index in [1.165, 1.54) is 18.6 Å². The van der Waals surface area contributed by atoms with Crippen LogP contribution in [0.15, 0.2) is 12.2 Å². The van der Waals surface area contributed by atoms with E-state index in [1.54, 1.807) is 6.08 Å². The van der Waals surface area contributed by atoms with Crippen molar-refractivity contribution in [1.29, 1.82) is 0 Å². The summed E-state index contributed by atoms with van der Waals surface area (Å²) < 4.78 is 10.8. The van der Waals surface area contributed by atoms with Crippen LogP contribution in [0.4, 0.5) is 0 Å². The Balaban J connectivity index is -0.00000234. The van der Waals surface area contributed by atoms with Gasteiger partial charge in [0.2, 0.25) is 0 Å². The van der Waals surface area contributed by atoms with Crippen LogP contribution in [-0.4, -0.2) is 96.2 Å². The number of hydrogen-bond acceptors (Lipinski definition) is 9. The average Bonchev–Trinajstić information content (AvgIpc) is 3.17. The van der Waals surface area contributed by atoms with Gasteiger partial charge in [0.1, 0.15) is 5.78 Å². The first-order valence-corrected chi connectivity index (χ1v) is 23.0. The van der Waals surface area contributed by atoms with Crippen LogP contribution in [-0.2, 0) is 19.1 Å². The van der Waals surface area contributed by atoms with Gasteiger partial charge in [-0.3, -0.25) is 9.59 Å². The zero-order chi connectivity index (χ0) is 44.6. The number of esters is 1. The number of carbonyl (C=O) groups excluding carboxylic acids is 2. The molecule has 1 aliphatic rings. The number of methoxy groups -OCH3 is 1. The van der Waals surface area contributed by atoms with E-state index in [0.29, 0.717) is 44.4 Å². The van der Waals surface area contributed by atoms with Crippen LogP contribution in [0, 0.1) is 29.6 Å². The molecule has 8 unspecified atom stereocenters. The summed E-state index contributed by atoms with van der Waals surface area (Å²) in [6, 6.07) is 0. The molecule has 10 atom stereocenters. The van der Waals surface area contributed by atoms with Gasteiger partial charge >= 0.3 is 5.97 Å². The third-order valence-electron chi connectivity index (χ3n) is 11.3. The van der Waals surface area contributed by atoms with Crippen molar-refractivity contribution in [2.45, 2.75) is 215 Å². The maximum absolute atomic E-state index is 12.9. The summed E-state index contributed by atoms with van der Waals surface area (Å²) in [6.07, 6.45) is 15.4. The fraction of sp³-hybridized carbons (Fsp3) is 0.915. The molecule has 57 heavy (non-hydrogen) atoms. The molecule has 1 heterocycles. The lowest BCUT2D eigenvalue weighted by molar-refractivity contribution is -0.858. The van der Waals surface area contributed by atoms with Crippen molar-refractivity contribution in [3.05, 3.63) is 12.2 Å². The Hall–Kier alpha value is -1.40. The van der Waals surface area contributed by atoms with Crippen LogP contribution in [0.3, 0.4) is 0 Å². The second-order valence-electron chi connectivity index (χ2n) is 17.3. The van der Waals surface area contributed by atoms with Gasteiger partial charge in [-0.25, -0.2) is 0 Å². The number of nitrogens with one attached hydrogen (secondary N) is 1. The van der Waals surface area contributed by atoms with Gasteiger partial charge in [-0.05, 0) is 102 Å². The summed E-state index contributed by atoms with van der Waals surface area (Å²) in [4.78, 5) is 25.7. The number of ether oxygens (including phenoxy) is 2. The molecule has 0 aliphatic carbocycles. The van der Waals surface area contributed by atoms with Crippen LogP contribution < -0.4 is 10.6 Å². The zero-order valence-electron chi connectivity index (χ0n) is 39.7. The van der Waals surface area contributed by atoms with Crippen molar-refractivity contribution in [2.75, 3.05) is 34.3 Å². The molecule has 0 aromatic carbocycles. The molecule has 10 heteroatoms. The van der Waals surface area contributed by atoms with E-state index < -0.39 is 17.5 Å². The van der Waals surface area contributed by atoms with Gasteiger partial charge in [-0.2, -0.15) is 0 Å². The predicted molar refractivity (Wildman–Crippen MR) is 238 cm³/mol. The van der Waals surface area contributed by atoms with Gasteiger partial charge in [0, 0.05) is 24.7 Å². The van der Waals surface area contributed by atoms with Crippen LogP contribution in [0.2, 0.25) is 0 Å². The van der Waals surface area contributed by atoms with Crippen LogP contribution >= 0.6 is 0 Å². The van der Waals surface area contributed by atoms with E-state index in [2.05, 4.69) is 39.6 Å². The molecule has 0 spiro atoms. The first-order valence-electron chi connectivity index (χ1n) is 23.0. The first-order chi connectivity index (χ1) is 26.8. The highest BCUT2D eigenvalue weighted by Gasteiger charge is 2.38. The van der Waals surface area contributed by atoms with Crippen LogP contribution in [0.25, 0.3) is 0 Å². The van der Waals surface area contributed by atoms with Gasteiger partial charge in [-0.1, -0.05) is 100 Å². The van der Waals surface area contributed by atoms with E-state index in [1.807, 2.05) is 61.5 Å². The average molecular weight is 818 g/mol. The van der Waals surface area contributed by atoms with E-state index in [9.17, 15) is 30.0 Å². The quantitative estimate of drug-likeness (QED) is 0.0263. The number of quaternary nitrogens is 1. The Morgan fingerprint density at radius 2 is 1.53 bits per heavy atom. The summed E-state index contributed by atoms with van der Waals surface area (Å²) in [5, 5.41) is 42.2. The maximum Gasteiger partial charge on any atom is 0.308 e. The molecule has 0 amide bonds. The summed E-state index contributed by atoms with van der Waals surface area (Å²) in [5.74, 6) is -0.640. The first kappa shape index (κ1) is 59.9. The number of Topliss-reactive ketones (excluding diaryl/α,β-unsaturated/α-hetero) is 1. The highest BCUT2D eigenvalue weighted by molar-refractivity contribution is 5.80. The van der Waals surface area contributed by atoms with E-state index >= 15 is 0 Å². The summed E-state index contributed by atoms with van der Waals surface area (Å²) in [7, 11) is 5.59. The summed E-state index contributed by atoms with van der Waals surface area (Å²) in [5.41, 5.74) is 4.46. The van der Waals surface area contributed by atoms with Gasteiger partial charge in [0.25, 0.3) is 0 Å². The molecule has 1 rings (SSSR count). The number of carbonyl (C=O) groups is 2. The minimum Gasteiger partial charge on any atom is -0.469 e. The molecule has 0 bridgehead atoms. The van der Waals surface area contributed by atoms with Crippen molar-refractivity contribution in [3.8, 4) is 0 Å². The van der Waals surface area contributed by atoms with E-state index in [-0.39, 0.29) is 54.1 Å². The second kappa shape index (κ2) is 35.4. The number of ketones is 1. The number of rotatable bonds is 28. The van der Waals surface area contributed by atoms with E-state index in [4.69, 9.17) is 10.5 Å². The zero-order valence-corrected chi connectivity index (χ0v) is 39.7. The molecule has 10 nitrogen and oxygen atoms in total. The highest BCUT2D eigenvalue weighted by atomic mass is 16.6. The Kier molecular flexibility index (Phi) is 37.2. The molecule has 0 saturated heterocycles. The smallest absolute Gasteiger partial charge is 0.308 e. The molecule has 1 aliphatic heterocycles. The van der Waals surface area contributed by atoms with Crippen molar-refractivity contribution >= 4 is 11.8 Å². The van der Waals surface area contributed by atoms with Crippen molar-refractivity contribution < 1.29 is 44.4 Å². The number of unbranched alkanes of at least 4 members (excludes halogenated alkanes) is 1. The monoisotopic (exact) mass is 818 g/mol. The minimum absolute atomic E-state index is 0.00242. The molecule has 7 N–H and O–H groups in total. The molecule has 342 valence electrons. The van der Waals surface area contributed by atoms with Crippen LogP contribution in [0.5, 0.6) is 0 Å². The number of hydrogen-bond donors (Lipinski definition) is 6. The van der Waals surface area contributed by atoms with Gasteiger partial charge in [0.05, 0.1) is 58.1 Å². The van der Waals surface area contributed by atoms with Crippen LogP contribution in [0.1, 0.15) is 185 Å². The number of nitrogens with two attached hydrogens (primary N) is 1. The van der Waals surface area contributed by atoms with Gasteiger partial charge < -0.3 is 40.5 Å². The third kappa shape index (κ3) is 31.2. The minimum atomic E-state index is -1.35. The summed E-state index contributed by atoms with van der Waals surface area (Å²) in [6.45, 7) is 24.1. The number of aliphatic hydroxyl groups is 4. The van der Waals surface area contributed by atoms with Crippen molar-refractivity contribution in [2.24, 2.45) is 35.3 Å². The molecular formula is C47H97N2O8+. The van der Waals surface area contributed by atoms with Gasteiger partial charge in [0.15, 0.2) is 5.79 Å². The molecule has 0 saturated carbocycles. The molecular weight excluding hydrogens is 721 g/mol. The standard InChI is InChI=1S/C38H70O8.C5H14N2.2C2H6/c1-9-32(31(6)39)15-12-21-37(7,43)23-20-34-17-13-22-38(44,46-34)30(5)25-28(3)18-19-35(41)29(4)24-27(2)14-10-11-16-33(40)26-36(42)45-8;1-7(2)5-3-4-6;2*1-2/h13,22,27-34,39-40,43-44H,9-12,14-21,23-26H2,1-8H3;3-6H2,1-2H3;2*1-2H3/p+1/t27-,28?,29?,30?,31?,32?,33?,34?,37-,38?;;;/m1.../s1. The fourth-order valence-corrected chi connectivity index (χ4v) is 7.41. The topological polar surface area (TPSA) is 164 Å². The summed E-state index contributed by atoms with van der Waals surface area (Å²) >= 11 is 0. The normalized spacial score (nSPS) is 21.1. The Labute approximate surface area is 352 Å². The Morgan fingerprint density at radius 1 is 0.930 bits per heavy atom. The van der Waals surface area contributed by atoms with E-state index in [0.717, 1.165) is 70.8 Å². The van der Waals surface area contributed by atoms with Gasteiger partial charge in [-0.15, -0.1) is 0 Å². The van der Waals surface area contributed by atoms with Crippen molar-refractivity contribution in [3.63, 3.8) is 0 Å². The lowest BCUT2D eigenvalue weighted by Gasteiger charge is -2.39. The molecule has 0 aromatic heterocycles. The SMILES string of the molecule is CC.CC.CCC(CCC[C@@](C)(O)CCC1CC=CC(O)(C(C)CC(C)CCC(=O)C(C)C[C@H](C)CCCCC(O)CC(=O)OC)O1)C(C)O.C[NH+](C)CCCN. The maximum atomic E-state index is 12.9. The molecule has 0 aromatic rings. The second-order valence-corrected chi connectivity index (χ2v) is 17.3. The third-order valence-corrected chi connectivity index (χ3v) is 11.3. The number of aliphatic hydroxyl groups excluding tert-OH is 2. The lowest BCUT2D eigenvalue weighted by atomic mass is 9.84. The predicted octanol–water partition coefficient (Wildman–Crippen LogP) is 7.82. The largest absolute Gasteiger partial charge is 0.469 e. The Morgan fingerprint density at radius 3 is 2.05 bits per heavy atom.